The molecule has 1 aliphatic heterocycles. The van der Waals surface area contributed by atoms with Crippen LogP contribution in [-0.4, -0.2) is 54.3 Å². The lowest BCUT2D eigenvalue weighted by atomic mass is 9.97. The third-order valence-corrected chi connectivity index (χ3v) is 5.67. The Labute approximate surface area is 194 Å². The van der Waals surface area contributed by atoms with Gasteiger partial charge in [0.15, 0.2) is 5.96 Å². The summed E-state index contributed by atoms with van der Waals surface area (Å²) in [5.74, 6) is 1.40. The summed E-state index contributed by atoms with van der Waals surface area (Å²) in [5.41, 5.74) is 1.39. The Morgan fingerprint density at radius 2 is 2.00 bits per heavy atom. The molecule has 1 heterocycles. The molecule has 0 amide bonds. The van der Waals surface area contributed by atoms with Crippen molar-refractivity contribution in [2.75, 3.05) is 26.2 Å². The maximum absolute atomic E-state index is 9.27. The first-order valence-electron chi connectivity index (χ1n) is 11.1. The van der Waals surface area contributed by atoms with E-state index >= 15 is 0 Å². The molecule has 0 spiro atoms. The van der Waals surface area contributed by atoms with Gasteiger partial charge in [0, 0.05) is 44.9 Å². The molecule has 2 rings (SSSR count). The molecule has 29 heavy (non-hydrogen) atoms. The van der Waals surface area contributed by atoms with E-state index in [4.69, 9.17) is 4.99 Å². The van der Waals surface area contributed by atoms with E-state index in [9.17, 15) is 5.11 Å². The van der Waals surface area contributed by atoms with Crippen molar-refractivity contribution in [3.05, 3.63) is 35.9 Å². The van der Waals surface area contributed by atoms with Crippen molar-refractivity contribution in [1.29, 1.82) is 0 Å². The molecule has 1 aromatic carbocycles. The van der Waals surface area contributed by atoms with Crippen molar-refractivity contribution >= 4 is 29.9 Å². The van der Waals surface area contributed by atoms with Gasteiger partial charge in [-0.1, -0.05) is 43.7 Å². The minimum atomic E-state index is 0. The SMILES string of the molecule is CCCC(CCO)CN=C(NCC)NC1CCN(Cc2ccccc2)C(C)C1.I. The number of benzene rings is 1. The highest BCUT2D eigenvalue weighted by Gasteiger charge is 2.26. The quantitative estimate of drug-likeness (QED) is 0.250. The number of aliphatic hydroxyl groups excluding tert-OH is 1. The zero-order chi connectivity index (χ0) is 20.2. The number of piperidine rings is 1. The zero-order valence-electron chi connectivity index (χ0n) is 18.4. The molecule has 1 fully saturated rings. The molecule has 1 aromatic rings. The fraction of sp³-hybridized carbons (Fsp3) is 0.696. The number of aliphatic hydroxyl groups is 1. The summed E-state index contributed by atoms with van der Waals surface area (Å²) in [6.07, 6.45) is 5.37. The normalized spacial score (nSPS) is 21.3. The average Bonchev–Trinajstić information content (AvgIpc) is 2.69. The molecule has 1 aliphatic rings. The minimum absolute atomic E-state index is 0. The van der Waals surface area contributed by atoms with Gasteiger partial charge in [0.1, 0.15) is 0 Å². The third-order valence-electron chi connectivity index (χ3n) is 5.67. The largest absolute Gasteiger partial charge is 0.396 e. The van der Waals surface area contributed by atoms with Crippen LogP contribution in [-0.2, 0) is 6.54 Å². The van der Waals surface area contributed by atoms with E-state index in [1.54, 1.807) is 0 Å². The molecule has 3 unspecified atom stereocenters. The smallest absolute Gasteiger partial charge is 0.191 e. The Morgan fingerprint density at radius 1 is 1.24 bits per heavy atom. The number of hydrogen-bond acceptors (Lipinski definition) is 3. The van der Waals surface area contributed by atoms with Crippen molar-refractivity contribution < 1.29 is 5.11 Å². The molecular weight excluding hydrogens is 475 g/mol. The van der Waals surface area contributed by atoms with E-state index in [0.717, 1.165) is 64.2 Å². The van der Waals surface area contributed by atoms with Crippen LogP contribution in [0.5, 0.6) is 0 Å². The molecule has 0 bridgehead atoms. The van der Waals surface area contributed by atoms with Crippen molar-refractivity contribution in [2.24, 2.45) is 10.9 Å². The summed E-state index contributed by atoms with van der Waals surface area (Å²) in [6.45, 7) is 10.7. The molecule has 166 valence electrons. The van der Waals surface area contributed by atoms with Crippen LogP contribution in [0, 0.1) is 5.92 Å². The van der Waals surface area contributed by atoms with Crippen molar-refractivity contribution in [3.8, 4) is 0 Å². The molecule has 0 aromatic heterocycles. The van der Waals surface area contributed by atoms with Crippen LogP contribution in [0.2, 0.25) is 0 Å². The van der Waals surface area contributed by atoms with Gasteiger partial charge in [-0.05, 0) is 51.0 Å². The van der Waals surface area contributed by atoms with Gasteiger partial charge in [-0.3, -0.25) is 9.89 Å². The van der Waals surface area contributed by atoms with Gasteiger partial charge in [0.2, 0.25) is 0 Å². The maximum atomic E-state index is 9.27. The zero-order valence-corrected chi connectivity index (χ0v) is 20.8. The molecule has 6 heteroatoms. The molecular formula is C23H41IN4O. The van der Waals surface area contributed by atoms with Crippen LogP contribution in [0.25, 0.3) is 0 Å². The molecule has 5 nitrogen and oxygen atoms in total. The van der Waals surface area contributed by atoms with Gasteiger partial charge in [-0.2, -0.15) is 0 Å². The second-order valence-electron chi connectivity index (χ2n) is 8.06. The molecule has 3 N–H and O–H groups in total. The molecule has 1 saturated heterocycles. The third kappa shape index (κ3) is 9.66. The second kappa shape index (κ2) is 15.0. The summed E-state index contributed by atoms with van der Waals surface area (Å²) in [7, 11) is 0. The van der Waals surface area contributed by atoms with E-state index in [-0.39, 0.29) is 30.6 Å². The minimum Gasteiger partial charge on any atom is -0.396 e. The van der Waals surface area contributed by atoms with Crippen LogP contribution in [0.4, 0.5) is 0 Å². The van der Waals surface area contributed by atoms with Crippen LogP contribution < -0.4 is 10.6 Å². The van der Waals surface area contributed by atoms with E-state index in [1.807, 2.05) is 0 Å². The monoisotopic (exact) mass is 516 g/mol. The van der Waals surface area contributed by atoms with E-state index in [2.05, 4.69) is 66.6 Å². The molecule has 3 atom stereocenters. The highest BCUT2D eigenvalue weighted by atomic mass is 127. The summed E-state index contributed by atoms with van der Waals surface area (Å²) < 4.78 is 0. The van der Waals surface area contributed by atoms with Gasteiger partial charge in [-0.15, -0.1) is 24.0 Å². The predicted octanol–water partition coefficient (Wildman–Crippen LogP) is 4.01. The Hall–Kier alpha value is -0.860. The van der Waals surface area contributed by atoms with Crippen LogP contribution in [0.3, 0.4) is 0 Å². The van der Waals surface area contributed by atoms with Gasteiger partial charge in [0.05, 0.1) is 0 Å². The van der Waals surface area contributed by atoms with Gasteiger partial charge in [-0.25, -0.2) is 0 Å². The number of guanidine groups is 1. The van der Waals surface area contributed by atoms with E-state index in [0.29, 0.717) is 18.0 Å². The number of nitrogens with zero attached hydrogens (tertiary/aromatic N) is 2. The van der Waals surface area contributed by atoms with Crippen LogP contribution in [0.15, 0.2) is 35.3 Å². The lowest BCUT2D eigenvalue weighted by Gasteiger charge is -2.38. The van der Waals surface area contributed by atoms with Crippen molar-refractivity contribution in [2.45, 2.75) is 71.5 Å². The number of hydrogen-bond donors (Lipinski definition) is 3. The Bertz CT molecular complexity index is 563. The highest BCUT2D eigenvalue weighted by molar-refractivity contribution is 14.0. The van der Waals surface area contributed by atoms with Crippen molar-refractivity contribution in [1.82, 2.24) is 15.5 Å². The van der Waals surface area contributed by atoms with Gasteiger partial charge < -0.3 is 15.7 Å². The number of rotatable bonds is 10. The first kappa shape index (κ1) is 26.2. The highest BCUT2D eigenvalue weighted by Crippen LogP contribution is 2.20. The number of aliphatic imine (C=N–C) groups is 1. The lowest BCUT2D eigenvalue weighted by molar-refractivity contribution is 0.134. The number of likely N-dealkylation sites (tertiary alicyclic amines) is 1. The summed E-state index contributed by atoms with van der Waals surface area (Å²) in [5, 5.41) is 16.3. The molecule has 0 radical (unpaired) electrons. The maximum Gasteiger partial charge on any atom is 0.191 e. The van der Waals surface area contributed by atoms with Crippen LogP contribution >= 0.6 is 24.0 Å². The average molecular weight is 517 g/mol. The first-order chi connectivity index (χ1) is 13.7. The van der Waals surface area contributed by atoms with Gasteiger partial charge in [0.25, 0.3) is 0 Å². The summed E-state index contributed by atoms with van der Waals surface area (Å²) >= 11 is 0. The van der Waals surface area contributed by atoms with E-state index in [1.165, 1.54) is 5.56 Å². The number of nitrogens with one attached hydrogen (secondary N) is 2. The second-order valence-corrected chi connectivity index (χ2v) is 8.06. The lowest BCUT2D eigenvalue weighted by Crippen LogP contribution is -2.51. The van der Waals surface area contributed by atoms with Gasteiger partial charge >= 0.3 is 0 Å². The summed E-state index contributed by atoms with van der Waals surface area (Å²) in [6, 6.07) is 11.8. The summed E-state index contributed by atoms with van der Waals surface area (Å²) in [4.78, 5) is 7.41. The Balaban J connectivity index is 0.00000420. The Kier molecular flexibility index (Phi) is 13.6. The van der Waals surface area contributed by atoms with Crippen LogP contribution in [0.1, 0.15) is 58.4 Å². The molecule has 0 saturated carbocycles. The standard InChI is InChI=1S/C23H40N4O.HI/c1-4-9-20(13-15-28)17-25-23(24-5-2)26-22-12-14-27(19(3)16-22)18-21-10-7-6-8-11-21;/h6-8,10-11,19-20,22,28H,4-5,9,12-18H2,1-3H3,(H2,24,25,26);1H. The topological polar surface area (TPSA) is 59.9 Å². The molecule has 0 aliphatic carbocycles. The number of halogens is 1. The fourth-order valence-corrected chi connectivity index (χ4v) is 4.06. The Morgan fingerprint density at radius 3 is 2.62 bits per heavy atom. The van der Waals surface area contributed by atoms with E-state index < -0.39 is 0 Å². The van der Waals surface area contributed by atoms with Crippen molar-refractivity contribution in [3.63, 3.8) is 0 Å². The first-order valence-corrected chi connectivity index (χ1v) is 11.1. The predicted molar refractivity (Wildman–Crippen MR) is 134 cm³/mol. The fourth-order valence-electron chi connectivity index (χ4n) is 4.06.